The number of rotatable bonds is 5. The lowest BCUT2D eigenvalue weighted by atomic mass is 9.95. The maximum absolute atomic E-state index is 11.0. The molecule has 2 nitrogen and oxygen atoms in total. The highest BCUT2D eigenvalue weighted by molar-refractivity contribution is 7.81. The monoisotopic (exact) mass is 174 g/mol. The minimum absolute atomic E-state index is 0.0722. The Hall–Kier alpha value is -0.310. The zero-order valence-corrected chi connectivity index (χ0v) is 7.80. The third-order valence-corrected chi connectivity index (χ3v) is 1.77. The van der Waals surface area contributed by atoms with E-state index in [1.807, 2.05) is 13.8 Å². The Kier molecular flexibility index (Phi) is 5.20. The fourth-order valence-corrected chi connectivity index (χ4v) is 1.12. The highest BCUT2D eigenvalue weighted by atomic mass is 32.1. The average molecular weight is 174 g/mol. The van der Waals surface area contributed by atoms with Crippen LogP contribution in [0.3, 0.4) is 0 Å². The van der Waals surface area contributed by atoms with Crippen LogP contribution in [0, 0.1) is 11.8 Å². The molecule has 1 unspecified atom stereocenters. The molecule has 0 saturated heterocycles. The Balaban J connectivity index is 3.95. The summed E-state index contributed by atoms with van der Waals surface area (Å²) in [5.74, 6) is 0.0365. The largest absolute Gasteiger partial charge is 0.303 e. The molecule has 0 fully saturated rings. The summed E-state index contributed by atoms with van der Waals surface area (Å²) in [5.41, 5.74) is 0. The minimum atomic E-state index is -0.438. The van der Waals surface area contributed by atoms with Crippen molar-refractivity contribution in [2.75, 3.05) is 5.75 Å². The maximum Gasteiger partial charge on any atom is 0.152 e. The zero-order valence-electron chi connectivity index (χ0n) is 6.91. The number of hydrogen-bond donors (Lipinski definition) is 1. The molecule has 0 aliphatic heterocycles. The van der Waals surface area contributed by atoms with Gasteiger partial charge in [0, 0.05) is 5.75 Å². The summed E-state index contributed by atoms with van der Waals surface area (Å²) in [6.45, 7) is 3.98. The van der Waals surface area contributed by atoms with Crippen LogP contribution in [0.1, 0.15) is 20.3 Å². The Morgan fingerprint density at radius 1 is 1.55 bits per heavy atom. The van der Waals surface area contributed by atoms with Gasteiger partial charge < -0.3 is 4.79 Å². The smallest absolute Gasteiger partial charge is 0.152 e. The van der Waals surface area contributed by atoms with Crippen LogP contribution >= 0.6 is 12.6 Å². The lowest BCUT2D eigenvalue weighted by molar-refractivity contribution is -0.125. The van der Waals surface area contributed by atoms with E-state index in [0.29, 0.717) is 12.3 Å². The Morgan fingerprint density at radius 3 is 2.36 bits per heavy atom. The van der Waals surface area contributed by atoms with Gasteiger partial charge in [-0.1, -0.05) is 13.8 Å². The molecule has 3 heteroatoms. The highest BCUT2D eigenvalue weighted by Crippen LogP contribution is 2.10. The maximum atomic E-state index is 11.0. The summed E-state index contributed by atoms with van der Waals surface area (Å²) in [7, 11) is 0. The fraction of sp³-hybridized carbons (Fsp3) is 0.750. The first-order chi connectivity index (χ1) is 5.11. The molecular weight excluding hydrogens is 160 g/mol. The number of Topliss-reactive ketones (excluding diaryl/α,β-unsaturated/α-hetero) is 1. The second-order valence-corrected chi connectivity index (χ2v) is 3.31. The predicted octanol–water partition coefficient (Wildman–Crippen LogP) is 1.35. The van der Waals surface area contributed by atoms with E-state index in [1.165, 1.54) is 0 Å². The van der Waals surface area contributed by atoms with E-state index in [4.69, 9.17) is 0 Å². The Morgan fingerprint density at radius 2 is 2.09 bits per heavy atom. The molecule has 0 saturated carbocycles. The number of carbonyl (C=O) groups is 2. The lowest BCUT2D eigenvalue weighted by Crippen LogP contribution is -2.19. The van der Waals surface area contributed by atoms with Crippen LogP contribution in [0.4, 0.5) is 0 Å². The molecule has 0 heterocycles. The van der Waals surface area contributed by atoms with Crippen molar-refractivity contribution in [2.24, 2.45) is 11.8 Å². The van der Waals surface area contributed by atoms with Crippen molar-refractivity contribution in [1.29, 1.82) is 0 Å². The predicted molar refractivity (Wildman–Crippen MR) is 47.9 cm³/mol. The molecule has 0 bridgehead atoms. The second-order valence-electron chi connectivity index (χ2n) is 3.00. The third-order valence-electron chi connectivity index (χ3n) is 1.46. The van der Waals surface area contributed by atoms with Gasteiger partial charge in [0.15, 0.2) is 5.78 Å². The van der Waals surface area contributed by atoms with Crippen molar-refractivity contribution in [2.45, 2.75) is 20.3 Å². The van der Waals surface area contributed by atoms with E-state index in [1.54, 1.807) is 0 Å². The van der Waals surface area contributed by atoms with Crippen LogP contribution in [-0.4, -0.2) is 17.8 Å². The van der Waals surface area contributed by atoms with Crippen molar-refractivity contribution >= 4 is 24.7 Å². The van der Waals surface area contributed by atoms with E-state index >= 15 is 0 Å². The molecule has 0 radical (unpaired) electrons. The molecular formula is C8H14O2S. The average Bonchev–Trinajstić information content (AvgIpc) is 1.98. The molecule has 0 amide bonds. The molecule has 0 rings (SSSR count). The van der Waals surface area contributed by atoms with E-state index in [9.17, 15) is 9.59 Å². The van der Waals surface area contributed by atoms with E-state index in [2.05, 4.69) is 12.6 Å². The first-order valence-corrected chi connectivity index (χ1v) is 4.34. The van der Waals surface area contributed by atoms with Gasteiger partial charge in [0.25, 0.3) is 0 Å². The van der Waals surface area contributed by atoms with Crippen LogP contribution < -0.4 is 0 Å². The molecule has 0 N–H and O–H groups in total. The highest BCUT2D eigenvalue weighted by Gasteiger charge is 2.16. The van der Waals surface area contributed by atoms with Gasteiger partial charge in [0.05, 0.1) is 5.92 Å². The first kappa shape index (κ1) is 10.7. The van der Waals surface area contributed by atoms with Crippen LogP contribution in [0.15, 0.2) is 0 Å². The zero-order chi connectivity index (χ0) is 8.85. The topological polar surface area (TPSA) is 34.1 Å². The second kappa shape index (κ2) is 5.35. The molecule has 0 aliphatic carbocycles. The van der Waals surface area contributed by atoms with Gasteiger partial charge in [-0.3, -0.25) is 4.79 Å². The quantitative estimate of drug-likeness (QED) is 0.388. The van der Waals surface area contributed by atoms with Crippen LogP contribution in [-0.2, 0) is 9.59 Å². The van der Waals surface area contributed by atoms with Crippen molar-refractivity contribution < 1.29 is 9.59 Å². The number of aldehydes is 1. The number of hydrogen-bond acceptors (Lipinski definition) is 3. The van der Waals surface area contributed by atoms with Crippen molar-refractivity contribution in [3.05, 3.63) is 0 Å². The van der Waals surface area contributed by atoms with Crippen molar-refractivity contribution in [3.63, 3.8) is 0 Å². The molecule has 0 aromatic rings. The van der Waals surface area contributed by atoms with Crippen molar-refractivity contribution in [1.82, 2.24) is 0 Å². The normalized spacial score (nSPS) is 13.1. The lowest BCUT2D eigenvalue weighted by Gasteiger charge is -2.09. The number of carbonyl (C=O) groups excluding carboxylic acids is 2. The molecule has 11 heavy (non-hydrogen) atoms. The summed E-state index contributed by atoms with van der Waals surface area (Å²) >= 11 is 3.82. The van der Waals surface area contributed by atoms with Crippen LogP contribution in [0.5, 0.6) is 0 Å². The van der Waals surface area contributed by atoms with E-state index in [-0.39, 0.29) is 11.5 Å². The Bertz CT molecular complexity index is 143. The standard InChI is InChI=1S/C8H14O2S/c1-6(2)3-7(4-9)8(10)5-11/h4,6-7,11H,3,5H2,1-2H3. The summed E-state index contributed by atoms with van der Waals surface area (Å²) in [6.07, 6.45) is 1.36. The van der Waals surface area contributed by atoms with Gasteiger partial charge in [0.1, 0.15) is 6.29 Å². The molecule has 64 valence electrons. The first-order valence-electron chi connectivity index (χ1n) is 3.70. The molecule has 0 aromatic carbocycles. The van der Waals surface area contributed by atoms with Crippen LogP contribution in [0.25, 0.3) is 0 Å². The SMILES string of the molecule is CC(C)CC(C=O)C(=O)CS. The van der Waals surface area contributed by atoms with E-state index < -0.39 is 5.92 Å². The summed E-state index contributed by atoms with van der Waals surface area (Å²) < 4.78 is 0. The van der Waals surface area contributed by atoms with Gasteiger partial charge >= 0.3 is 0 Å². The van der Waals surface area contributed by atoms with Gasteiger partial charge in [-0.05, 0) is 12.3 Å². The van der Waals surface area contributed by atoms with Gasteiger partial charge in [-0.2, -0.15) is 12.6 Å². The summed E-state index contributed by atoms with van der Waals surface area (Å²) in [4.78, 5) is 21.4. The van der Waals surface area contributed by atoms with Gasteiger partial charge in [-0.25, -0.2) is 0 Å². The van der Waals surface area contributed by atoms with Gasteiger partial charge in [0.2, 0.25) is 0 Å². The van der Waals surface area contributed by atoms with Crippen LogP contribution in [0.2, 0.25) is 0 Å². The fourth-order valence-electron chi connectivity index (χ4n) is 0.888. The van der Waals surface area contributed by atoms with E-state index in [0.717, 1.165) is 6.29 Å². The molecule has 0 aromatic heterocycles. The number of thiol groups is 1. The summed E-state index contributed by atoms with van der Waals surface area (Å²) in [5, 5.41) is 0. The molecule has 0 spiro atoms. The van der Waals surface area contributed by atoms with Gasteiger partial charge in [-0.15, -0.1) is 0 Å². The molecule has 1 atom stereocenters. The summed E-state index contributed by atoms with van der Waals surface area (Å²) in [6, 6.07) is 0. The minimum Gasteiger partial charge on any atom is -0.303 e. The number of ketones is 1. The molecule has 0 aliphatic rings. The third kappa shape index (κ3) is 4.19. The van der Waals surface area contributed by atoms with Crippen molar-refractivity contribution in [3.8, 4) is 0 Å². The Labute approximate surface area is 72.8 Å².